The number of Topliss-reactive ketones (excluding diaryl/α,β-unsaturated/α-hetero) is 1. The van der Waals surface area contributed by atoms with Crippen LogP contribution in [0.5, 0.6) is 0 Å². The van der Waals surface area contributed by atoms with E-state index < -0.39 is 0 Å². The monoisotopic (exact) mass is 383 g/mol. The van der Waals surface area contributed by atoms with Crippen LogP contribution in [-0.2, 0) is 11.2 Å². The van der Waals surface area contributed by atoms with Crippen LogP contribution in [0.25, 0.3) is 28.2 Å². The predicted octanol–water partition coefficient (Wildman–Crippen LogP) is 5.01. The number of fused-ring (bicyclic) bond motifs is 2. The van der Waals surface area contributed by atoms with E-state index >= 15 is 0 Å². The van der Waals surface area contributed by atoms with E-state index in [0.29, 0.717) is 12.0 Å². The molecule has 0 amide bonds. The largest absolute Gasteiger partial charge is 0.294 e. The molecule has 0 bridgehead atoms. The number of allylic oxidation sites excluding steroid dienone is 1. The van der Waals surface area contributed by atoms with E-state index in [2.05, 4.69) is 16.1 Å². The van der Waals surface area contributed by atoms with Crippen molar-refractivity contribution in [3.05, 3.63) is 89.6 Å². The lowest BCUT2D eigenvalue weighted by atomic mass is 9.95. The summed E-state index contributed by atoms with van der Waals surface area (Å²) in [6, 6.07) is 16.1. The van der Waals surface area contributed by atoms with Crippen LogP contribution in [0.2, 0.25) is 0 Å². The molecule has 1 aliphatic carbocycles. The van der Waals surface area contributed by atoms with E-state index in [1.54, 1.807) is 24.5 Å². The molecule has 0 spiro atoms. The molecule has 29 heavy (non-hydrogen) atoms. The van der Waals surface area contributed by atoms with Crippen molar-refractivity contribution in [2.24, 2.45) is 0 Å². The number of benzene rings is 2. The minimum atomic E-state index is -0.276. The van der Waals surface area contributed by atoms with E-state index in [0.717, 1.165) is 46.3 Å². The van der Waals surface area contributed by atoms with E-state index in [-0.39, 0.29) is 11.6 Å². The summed E-state index contributed by atoms with van der Waals surface area (Å²) in [5, 5.41) is 5.43. The lowest BCUT2D eigenvalue weighted by Crippen LogP contribution is -2.01. The zero-order valence-electron chi connectivity index (χ0n) is 15.7. The number of hydrogen-bond donors (Lipinski definition) is 0. The number of carbonyl (C=O) groups is 1. The second kappa shape index (κ2) is 7.09. The Morgan fingerprint density at radius 2 is 1.90 bits per heavy atom. The fourth-order valence-electron chi connectivity index (χ4n) is 3.85. The van der Waals surface area contributed by atoms with E-state index in [1.807, 2.05) is 35.0 Å². The van der Waals surface area contributed by atoms with Crippen LogP contribution in [0.15, 0.2) is 67.0 Å². The Bertz CT molecular complexity index is 1240. The fraction of sp³-hybridized carbons (Fsp3) is 0.125. The van der Waals surface area contributed by atoms with Gasteiger partial charge in [0.25, 0.3) is 0 Å². The standard InChI is InChI=1S/C24H18FN3O/c25-18-7-9-20(10-8-18)28-23-13-16-4-3-6-24(29)22(14-19-5-1-2-11-26-19)21(16)12-17(23)15-27-28/h1-2,5,7-15H,3-4,6H2/b22-14+. The second-order valence-corrected chi connectivity index (χ2v) is 7.19. The Kier molecular flexibility index (Phi) is 4.28. The van der Waals surface area contributed by atoms with Crippen LogP contribution in [-0.4, -0.2) is 20.5 Å². The number of rotatable bonds is 2. The van der Waals surface area contributed by atoms with Crippen LogP contribution < -0.4 is 0 Å². The van der Waals surface area contributed by atoms with E-state index in [1.165, 1.54) is 12.1 Å². The van der Waals surface area contributed by atoms with Gasteiger partial charge in [-0.05, 0) is 78.6 Å². The van der Waals surface area contributed by atoms with Gasteiger partial charge in [0.15, 0.2) is 5.78 Å². The van der Waals surface area contributed by atoms with Crippen LogP contribution >= 0.6 is 0 Å². The Morgan fingerprint density at radius 1 is 1.03 bits per heavy atom. The first-order valence-corrected chi connectivity index (χ1v) is 9.62. The van der Waals surface area contributed by atoms with Crippen LogP contribution in [0, 0.1) is 5.82 Å². The normalized spacial score (nSPS) is 15.5. The van der Waals surface area contributed by atoms with Gasteiger partial charge in [0.1, 0.15) is 5.82 Å². The van der Waals surface area contributed by atoms with Crippen LogP contribution in [0.3, 0.4) is 0 Å². The van der Waals surface area contributed by atoms with Gasteiger partial charge < -0.3 is 0 Å². The van der Waals surface area contributed by atoms with Crippen LogP contribution in [0.4, 0.5) is 4.39 Å². The summed E-state index contributed by atoms with van der Waals surface area (Å²) in [4.78, 5) is 17.2. The third-order valence-corrected chi connectivity index (χ3v) is 5.28. The molecule has 0 radical (unpaired) electrons. The third-order valence-electron chi connectivity index (χ3n) is 5.28. The smallest absolute Gasteiger partial charge is 0.163 e. The molecule has 0 unspecified atom stereocenters. The summed E-state index contributed by atoms with van der Waals surface area (Å²) in [6.07, 6.45) is 7.54. The van der Waals surface area contributed by atoms with Crippen molar-refractivity contribution >= 4 is 28.3 Å². The molecule has 2 aromatic heterocycles. The van der Waals surface area contributed by atoms with Gasteiger partial charge in [0.05, 0.1) is 23.1 Å². The maximum absolute atomic E-state index is 13.3. The first-order chi connectivity index (χ1) is 14.2. The molecule has 2 heterocycles. The summed E-state index contributed by atoms with van der Waals surface area (Å²) in [5.74, 6) is -0.137. The van der Waals surface area contributed by atoms with E-state index in [4.69, 9.17) is 0 Å². The number of pyridine rings is 1. The molecule has 0 atom stereocenters. The maximum atomic E-state index is 13.3. The molecule has 1 aliphatic rings. The zero-order chi connectivity index (χ0) is 19.8. The Hall–Kier alpha value is -3.60. The molecule has 0 aliphatic heterocycles. The van der Waals surface area contributed by atoms with Gasteiger partial charge in [-0.1, -0.05) is 6.07 Å². The SMILES string of the molecule is O=C1CCCc2cc3c(cnn3-c3ccc(F)cc3)cc2/C1=C\c1ccccn1. The number of ketones is 1. The summed E-state index contributed by atoms with van der Waals surface area (Å²) in [7, 11) is 0. The number of nitrogens with zero attached hydrogens (tertiary/aromatic N) is 3. The van der Waals surface area contributed by atoms with Gasteiger partial charge in [-0.3, -0.25) is 9.78 Å². The first-order valence-electron chi connectivity index (χ1n) is 9.62. The molecule has 4 aromatic rings. The highest BCUT2D eigenvalue weighted by molar-refractivity contribution is 6.26. The summed E-state index contributed by atoms with van der Waals surface area (Å²) in [6.45, 7) is 0. The van der Waals surface area contributed by atoms with Gasteiger partial charge in [-0.25, -0.2) is 9.07 Å². The minimum Gasteiger partial charge on any atom is -0.294 e. The molecule has 4 nitrogen and oxygen atoms in total. The highest BCUT2D eigenvalue weighted by Crippen LogP contribution is 2.33. The van der Waals surface area contributed by atoms with Crippen molar-refractivity contribution in [1.29, 1.82) is 0 Å². The molecule has 0 N–H and O–H groups in total. The third kappa shape index (κ3) is 3.25. The lowest BCUT2D eigenvalue weighted by Gasteiger charge is -2.10. The highest BCUT2D eigenvalue weighted by Gasteiger charge is 2.21. The van der Waals surface area contributed by atoms with Crippen molar-refractivity contribution < 1.29 is 9.18 Å². The van der Waals surface area contributed by atoms with Gasteiger partial charge in [0, 0.05) is 23.6 Å². The van der Waals surface area contributed by atoms with E-state index in [9.17, 15) is 9.18 Å². The molecule has 5 rings (SSSR count). The Labute approximate surface area is 167 Å². The maximum Gasteiger partial charge on any atom is 0.163 e. The molecule has 0 saturated heterocycles. The molecule has 2 aromatic carbocycles. The van der Waals surface area contributed by atoms with Crippen molar-refractivity contribution in [2.45, 2.75) is 19.3 Å². The van der Waals surface area contributed by atoms with Gasteiger partial charge >= 0.3 is 0 Å². The summed E-state index contributed by atoms with van der Waals surface area (Å²) < 4.78 is 15.1. The molecule has 5 heteroatoms. The number of halogens is 1. The van der Waals surface area contributed by atoms with Crippen molar-refractivity contribution in [1.82, 2.24) is 14.8 Å². The van der Waals surface area contributed by atoms with Crippen LogP contribution in [0.1, 0.15) is 29.7 Å². The minimum absolute atomic E-state index is 0.139. The number of carbonyl (C=O) groups excluding carboxylic acids is 1. The van der Waals surface area contributed by atoms with Crippen molar-refractivity contribution in [3.63, 3.8) is 0 Å². The number of aromatic nitrogens is 3. The molecular formula is C24H18FN3O. The number of hydrogen-bond acceptors (Lipinski definition) is 3. The second-order valence-electron chi connectivity index (χ2n) is 7.19. The summed E-state index contributed by atoms with van der Waals surface area (Å²) >= 11 is 0. The van der Waals surface area contributed by atoms with Gasteiger partial charge in [0.2, 0.25) is 0 Å². The van der Waals surface area contributed by atoms with Crippen molar-refractivity contribution in [3.8, 4) is 5.69 Å². The molecule has 0 fully saturated rings. The summed E-state index contributed by atoms with van der Waals surface area (Å²) in [5.41, 5.74) is 5.29. The first kappa shape index (κ1) is 17.5. The topological polar surface area (TPSA) is 47.8 Å². The quantitative estimate of drug-likeness (QED) is 0.361. The Balaban J connectivity index is 1.68. The lowest BCUT2D eigenvalue weighted by molar-refractivity contribution is -0.113. The van der Waals surface area contributed by atoms with Gasteiger partial charge in [-0.2, -0.15) is 5.10 Å². The number of aryl methyl sites for hydroxylation is 1. The molecular weight excluding hydrogens is 365 g/mol. The predicted molar refractivity (Wildman–Crippen MR) is 111 cm³/mol. The molecule has 0 saturated carbocycles. The average Bonchev–Trinajstić information content (AvgIpc) is 3.09. The zero-order valence-corrected chi connectivity index (χ0v) is 15.7. The fourth-order valence-corrected chi connectivity index (χ4v) is 3.85. The average molecular weight is 383 g/mol. The highest BCUT2D eigenvalue weighted by atomic mass is 19.1. The Morgan fingerprint density at radius 3 is 2.69 bits per heavy atom. The molecule has 142 valence electrons. The van der Waals surface area contributed by atoms with Gasteiger partial charge in [-0.15, -0.1) is 0 Å². The van der Waals surface area contributed by atoms with Crippen molar-refractivity contribution in [2.75, 3.05) is 0 Å².